The lowest BCUT2D eigenvalue weighted by Crippen LogP contribution is -2.45. The fourth-order valence-corrected chi connectivity index (χ4v) is 6.33. The minimum atomic E-state index is -3.59. The molecule has 1 amide bonds. The molecule has 2 fully saturated rings. The molecule has 0 unspecified atom stereocenters. The summed E-state index contributed by atoms with van der Waals surface area (Å²) >= 11 is 0. The molecule has 2 aliphatic heterocycles. The lowest BCUT2D eigenvalue weighted by molar-refractivity contribution is -0.126. The van der Waals surface area contributed by atoms with Crippen molar-refractivity contribution in [2.75, 3.05) is 26.2 Å². The van der Waals surface area contributed by atoms with E-state index >= 15 is 0 Å². The topological polar surface area (TPSA) is 69.7 Å². The predicted molar refractivity (Wildman–Crippen MR) is 130 cm³/mol. The number of carbonyl (C=O) groups excluding carboxylic acids is 1. The molecule has 6 nitrogen and oxygen atoms in total. The lowest BCUT2D eigenvalue weighted by Gasteiger charge is -2.31. The van der Waals surface area contributed by atoms with Crippen molar-refractivity contribution in [2.24, 2.45) is 5.92 Å². The number of likely N-dealkylation sites (tertiary alicyclic amines) is 1. The van der Waals surface area contributed by atoms with E-state index in [-0.39, 0.29) is 18.4 Å². The van der Waals surface area contributed by atoms with Gasteiger partial charge in [-0.05, 0) is 69.0 Å². The monoisotopic (exact) mass is 469 g/mol. The molecule has 0 saturated carbocycles. The van der Waals surface area contributed by atoms with Crippen molar-refractivity contribution >= 4 is 15.9 Å². The van der Waals surface area contributed by atoms with E-state index in [9.17, 15) is 13.2 Å². The third-order valence-corrected chi connectivity index (χ3v) is 8.71. The van der Waals surface area contributed by atoms with Crippen LogP contribution >= 0.6 is 0 Å². The van der Waals surface area contributed by atoms with Gasteiger partial charge in [-0.2, -0.15) is 4.31 Å². The Bertz CT molecular complexity index is 1050. The van der Waals surface area contributed by atoms with E-state index in [2.05, 4.69) is 28.4 Å². The second kappa shape index (κ2) is 10.8. The number of hydrogen-bond donors (Lipinski definition) is 1. The van der Waals surface area contributed by atoms with Crippen molar-refractivity contribution in [1.29, 1.82) is 0 Å². The first-order valence-electron chi connectivity index (χ1n) is 12.1. The zero-order valence-corrected chi connectivity index (χ0v) is 20.3. The van der Waals surface area contributed by atoms with Crippen molar-refractivity contribution in [1.82, 2.24) is 14.5 Å². The van der Waals surface area contributed by atoms with Gasteiger partial charge in [0.05, 0.1) is 10.8 Å². The molecule has 2 saturated heterocycles. The first kappa shape index (κ1) is 23.9. The van der Waals surface area contributed by atoms with Crippen LogP contribution in [-0.4, -0.2) is 49.7 Å². The van der Waals surface area contributed by atoms with Gasteiger partial charge in [-0.15, -0.1) is 0 Å². The van der Waals surface area contributed by atoms with Crippen LogP contribution in [0.4, 0.5) is 0 Å². The minimum Gasteiger partial charge on any atom is -0.352 e. The van der Waals surface area contributed by atoms with Crippen LogP contribution in [0.2, 0.25) is 0 Å². The van der Waals surface area contributed by atoms with Crippen LogP contribution in [0.15, 0.2) is 53.4 Å². The number of amides is 1. The maximum atomic E-state index is 13.1. The average Bonchev–Trinajstić information content (AvgIpc) is 2.84. The van der Waals surface area contributed by atoms with Crippen LogP contribution in [0, 0.1) is 12.8 Å². The Morgan fingerprint density at radius 3 is 2.36 bits per heavy atom. The van der Waals surface area contributed by atoms with E-state index in [0.717, 1.165) is 30.8 Å². The maximum Gasteiger partial charge on any atom is 0.243 e. The number of piperidine rings is 2. The number of benzene rings is 2. The minimum absolute atomic E-state index is 0.0634. The summed E-state index contributed by atoms with van der Waals surface area (Å²) in [5.74, 6) is -0.389. The van der Waals surface area contributed by atoms with Crippen LogP contribution in [0.25, 0.3) is 0 Å². The normalized spacial score (nSPS) is 20.5. The van der Waals surface area contributed by atoms with Gasteiger partial charge in [0.15, 0.2) is 0 Å². The highest BCUT2D eigenvalue weighted by atomic mass is 32.2. The molecule has 0 spiro atoms. The van der Waals surface area contributed by atoms with Gasteiger partial charge >= 0.3 is 0 Å². The molecule has 178 valence electrons. The second-order valence-corrected chi connectivity index (χ2v) is 11.3. The Hall–Kier alpha value is -2.22. The molecule has 1 atom stereocenters. The molecule has 0 radical (unpaired) electrons. The highest BCUT2D eigenvalue weighted by Gasteiger charge is 2.33. The van der Waals surface area contributed by atoms with Crippen molar-refractivity contribution < 1.29 is 13.2 Å². The molecule has 0 aliphatic carbocycles. The highest BCUT2D eigenvalue weighted by molar-refractivity contribution is 7.89. The highest BCUT2D eigenvalue weighted by Crippen LogP contribution is 2.24. The van der Waals surface area contributed by atoms with Crippen LogP contribution in [-0.2, 0) is 27.9 Å². The Morgan fingerprint density at radius 2 is 1.64 bits per heavy atom. The molecule has 2 heterocycles. The Morgan fingerprint density at radius 1 is 0.939 bits per heavy atom. The average molecular weight is 470 g/mol. The molecule has 2 aromatic rings. The third kappa shape index (κ3) is 6.02. The molecular formula is C26H35N3O3S. The van der Waals surface area contributed by atoms with Crippen molar-refractivity contribution in [3.63, 3.8) is 0 Å². The van der Waals surface area contributed by atoms with E-state index < -0.39 is 10.0 Å². The van der Waals surface area contributed by atoms with E-state index in [0.29, 0.717) is 30.8 Å². The number of aryl methyl sites for hydroxylation is 1. The molecule has 2 aromatic carbocycles. The number of carbonyl (C=O) groups is 1. The zero-order valence-electron chi connectivity index (χ0n) is 19.5. The van der Waals surface area contributed by atoms with Crippen LogP contribution in [0.1, 0.15) is 48.8 Å². The number of hydrogen-bond acceptors (Lipinski definition) is 4. The standard InChI is InChI=1S/C26H35N3O3S/c1-21-11-13-25(14-12-21)33(31,32)29-17-7-10-24(20-29)26(30)27-18-22-8-3-4-9-23(22)19-28-15-5-2-6-16-28/h3-4,8-9,11-14,24H,2,5-7,10,15-20H2,1H3,(H,27,30)/t24-/m1/s1. The van der Waals surface area contributed by atoms with Gasteiger partial charge in [0.1, 0.15) is 0 Å². The van der Waals surface area contributed by atoms with Crippen molar-refractivity contribution in [2.45, 2.75) is 57.0 Å². The second-order valence-electron chi connectivity index (χ2n) is 9.34. The number of nitrogens with zero attached hydrogens (tertiary/aromatic N) is 2. The smallest absolute Gasteiger partial charge is 0.243 e. The Labute approximate surface area is 198 Å². The molecule has 4 rings (SSSR count). The summed E-state index contributed by atoms with van der Waals surface area (Å²) in [6.45, 7) is 6.28. The van der Waals surface area contributed by atoms with Gasteiger partial charge in [0.2, 0.25) is 15.9 Å². The Balaban J connectivity index is 1.37. The third-order valence-electron chi connectivity index (χ3n) is 6.83. The molecular weight excluding hydrogens is 434 g/mol. The summed E-state index contributed by atoms with van der Waals surface area (Å²) in [5, 5.41) is 3.09. The van der Waals surface area contributed by atoms with Crippen molar-refractivity contribution in [3.05, 3.63) is 65.2 Å². The quantitative estimate of drug-likeness (QED) is 0.671. The molecule has 33 heavy (non-hydrogen) atoms. The molecule has 0 bridgehead atoms. The molecule has 0 aromatic heterocycles. The summed E-state index contributed by atoms with van der Waals surface area (Å²) in [5.41, 5.74) is 3.41. The van der Waals surface area contributed by atoms with E-state index in [1.54, 1.807) is 12.1 Å². The fraction of sp³-hybridized carbons (Fsp3) is 0.500. The van der Waals surface area contributed by atoms with Crippen molar-refractivity contribution in [3.8, 4) is 0 Å². The largest absolute Gasteiger partial charge is 0.352 e. The first-order chi connectivity index (χ1) is 15.9. The maximum absolute atomic E-state index is 13.1. The van der Waals surface area contributed by atoms with E-state index in [4.69, 9.17) is 0 Å². The molecule has 7 heteroatoms. The van der Waals surface area contributed by atoms with Crippen LogP contribution < -0.4 is 5.32 Å². The summed E-state index contributed by atoms with van der Waals surface area (Å²) in [6, 6.07) is 15.2. The lowest BCUT2D eigenvalue weighted by atomic mass is 9.98. The predicted octanol–water partition coefficient (Wildman–Crippen LogP) is 3.70. The summed E-state index contributed by atoms with van der Waals surface area (Å²) < 4.78 is 27.6. The summed E-state index contributed by atoms with van der Waals surface area (Å²) in [7, 11) is -3.59. The first-order valence-corrected chi connectivity index (χ1v) is 13.5. The van der Waals surface area contributed by atoms with Gasteiger partial charge < -0.3 is 5.32 Å². The SMILES string of the molecule is Cc1ccc(S(=O)(=O)N2CCC[C@@H](C(=O)NCc3ccccc3CN3CCCCC3)C2)cc1. The van der Waals surface area contributed by atoms with E-state index in [1.807, 2.05) is 25.1 Å². The van der Waals surface area contributed by atoms with Crippen LogP contribution in [0.3, 0.4) is 0 Å². The molecule has 2 aliphatic rings. The van der Waals surface area contributed by atoms with E-state index in [1.165, 1.54) is 29.1 Å². The van der Waals surface area contributed by atoms with Gasteiger partial charge in [-0.3, -0.25) is 9.69 Å². The van der Waals surface area contributed by atoms with Crippen LogP contribution in [0.5, 0.6) is 0 Å². The van der Waals surface area contributed by atoms with Gasteiger partial charge in [0.25, 0.3) is 0 Å². The van der Waals surface area contributed by atoms with Gasteiger partial charge in [-0.1, -0.05) is 48.4 Å². The molecule has 1 N–H and O–H groups in total. The number of sulfonamides is 1. The number of rotatable bonds is 7. The summed E-state index contributed by atoms with van der Waals surface area (Å²) in [6.07, 6.45) is 5.22. The zero-order chi connectivity index (χ0) is 23.3. The Kier molecular flexibility index (Phi) is 7.83. The fourth-order valence-electron chi connectivity index (χ4n) is 4.80. The number of nitrogens with one attached hydrogen (secondary N) is 1. The van der Waals surface area contributed by atoms with Gasteiger partial charge in [-0.25, -0.2) is 8.42 Å². The van der Waals surface area contributed by atoms with Gasteiger partial charge in [0, 0.05) is 26.2 Å². The summed E-state index contributed by atoms with van der Waals surface area (Å²) in [4.78, 5) is 15.8.